The lowest BCUT2D eigenvalue weighted by atomic mass is 10.0. The van der Waals surface area contributed by atoms with E-state index < -0.39 is 0 Å². The van der Waals surface area contributed by atoms with Crippen molar-refractivity contribution in [1.29, 1.82) is 0 Å². The third kappa shape index (κ3) is 4.36. The highest BCUT2D eigenvalue weighted by Crippen LogP contribution is 2.36. The summed E-state index contributed by atoms with van der Waals surface area (Å²) < 4.78 is 6.77. The highest BCUT2D eigenvalue weighted by Gasteiger charge is 2.13. The monoisotopic (exact) mass is 387 g/mol. The number of hydrogen-bond donors (Lipinski definition) is 1. The van der Waals surface area contributed by atoms with Crippen molar-refractivity contribution in [2.75, 3.05) is 0 Å². The predicted molar refractivity (Wildman–Crippen MR) is 92.6 cm³/mol. The molecular weight excluding hydrogens is 373 g/mol. The van der Waals surface area contributed by atoms with E-state index in [4.69, 9.17) is 33.7 Å². The van der Waals surface area contributed by atoms with Crippen molar-refractivity contribution in [2.45, 2.75) is 25.8 Å². The second-order valence-electron chi connectivity index (χ2n) is 4.77. The highest BCUT2D eigenvalue weighted by molar-refractivity contribution is 9.10. The van der Waals surface area contributed by atoms with E-state index in [0.29, 0.717) is 22.2 Å². The fourth-order valence-electron chi connectivity index (χ4n) is 1.92. The average molecular weight is 389 g/mol. The van der Waals surface area contributed by atoms with E-state index in [1.54, 1.807) is 12.1 Å². The first kappa shape index (κ1) is 16.6. The maximum absolute atomic E-state index is 6.29. The van der Waals surface area contributed by atoms with Crippen molar-refractivity contribution < 1.29 is 4.74 Å². The van der Waals surface area contributed by atoms with Gasteiger partial charge in [-0.05, 0) is 59.1 Å². The maximum Gasteiger partial charge on any atom is 0.141 e. The molecule has 1 atom stereocenters. The second-order valence-corrected chi connectivity index (χ2v) is 6.46. The van der Waals surface area contributed by atoms with Gasteiger partial charge in [0.2, 0.25) is 0 Å². The van der Waals surface area contributed by atoms with Crippen LogP contribution >= 0.6 is 39.1 Å². The predicted octanol–water partition coefficient (Wildman–Crippen LogP) is 5.83. The van der Waals surface area contributed by atoms with Gasteiger partial charge in [-0.15, -0.1) is 0 Å². The van der Waals surface area contributed by atoms with Crippen molar-refractivity contribution >= 4 is 39.1 Å². The molecule has 0 aliphatic carbocycles. The Morgan fingerprint density at radius 1 is 1.19 bits per heavy atom. The van der Waals surface area contributed by atoms with Crippen LogP contribution in [0.4, 0.5) is 0 Å². The number of halogens is 3. The number of ether oxygens (including phenoxy) is 1. The average Bonchev–Trinajstić information content (AvgIpc) is 2.45. The molecular formula is C16H16BrCl2NO. The zero-order chi connectivity index (χ0) is 15.4. The molecule has 0 aliphatic rings. The highest BCUT2D eigenvalue weighted by atomic mass is 79.9. The van der Waals surface area contributed by atoms with Gasteiger partial charge in [0.15, 0.2) is 0 Å². The minimum atomic E-state index is 0.0564. The van der Waals surface area contributed by atoms with Gasteiger partial charge in [-0.25, -0.2) is 0 Å². The summed E-state index contributed by atoms with van der Waals surface area (Å²) in [7, 11) is 0. The Kier molecular flexibility index (Phi) is 5.94. The quantitative estimate of drug-likeness (QED) is 0.699. The summed E-state index contributed by atoms with van der Waals surface area (Å²) in [6.07, 6.45) is 1.56. The first-order valence-electron chi connectivity index (χ1n) is 6.67. The van der Waals surface area contributed by atoms with E-state index in [9.17, 15) is 0 Å². The molecule has 0 bridgehead atoms. The number of benzene rings is 2. The van der Waals surface area contributed by atoms with Gasteiger partial charge >= 0.3 is 0 Å². The Labute approximate surface area is 143 Å². The first-order chi connectivity index (χ1) is 10.0. The zero-order valence-corrected chi connectivity index (χ0v) is 14.7. The number of hydrogen-bond acceptors (Lipinski definition) is 2. The van der Waals surface area contributed by atoms with Gasteiger partial charge in [0, 0.05) is 21.7 Å². The molecule has 0 aromatic heterocycles. The molecule has 0 saturated heterocycles. The van der Waals surface area contributed by atoms with Gasteiger partial charge in [0.05, 0.1) is 4.47 Å². The van der Waals surface area contributed by atoms with Crippen LogP contribution in [0.3, 0.4) is 0 Å². The molecule has 2 nitrogen and oxygen atoms in total. The van der Waals surface area contributed by atoms with Crippen LogP contribution in [0.2, 0.25) is 10.0 Å². The van der Waals surface area contributed by atoms with Gasteiger partial charge in [-0.2, -0.15) is 0 Å². The van der Waals surface area contributed by atoms with E-state index >= 15 is 0 Å². The maximum atomic E-state index is 6.29. The molecule has 1 unspecified atom stereocenters. The van der Waals surface area contributed by atoms with Crippen LogP contribution in [-0.4, -0.2) is 6.04 Å². The molecule has 0 amide bonds. The van der Waals surface area contributed by atoms with Crippen molar-refractivity contribution in [3.8, 4) is 11.5 Å². The molecule has 0 saturated carbocycles. The molecule has 2 aromatic carbocycles. The van der Waals surface area contributed by atoms with Gasteiger partial charge in [-0.1, -0.05) is 36.2 Å². The lowest BCUT2D eigenvalue weighted by Crippen LogP contribution is -2.21. The number of nitrogens with two attached hydrogens (primary N) is 1. The Morgan fingerprint density at radius 2 is 1.95 bits per heavy atom. The minimum Gasteiger partial charge on any atom is -0.456 e. The summed E-state index contributed by atoms with van der Waals surface area (Å²) in [6.45, 7) is 2.05. The van der Waals surface area contributed by atoms with Gasteiger partial charge in [-0.3, -0.25) is 0 Å². The Morgan fingerprint density at radius 3 is 2.62 bits per heavy atom. The minimum absolute atomic E-state index is 0.0564. The first-order valence-corrected chi connectivity index (χ1v) is 8.22. The molecule has 0 spiro atoms. The Balaban J connectivity index is 2.33. The van der Waals surface area contributed by atoms with Crippen LogP contribution in [0.25, 0.3) is 0 Å². The van der Waals surface area contributed by atoms with Gasteiger partial charge in [0.1, 0.15) is 11.5 Å². The molecule has 2 aromatic rings. The normalized spacial score (nSPS) is 12.2. The molecule has 5 heteroatoms. The fourth-order valence-corrected chi connectivity index (χ4v) is 2.92. The molecule has 0 fully saturated rings. The standard InChI is InChI=1S/C16H16BrCl2NO/c1-2-11(20)9-12-14(19)4-3-5-15(12)21-16-7-6-10(18)8-13(16)17/h3-8,11H,2,9,20H2,1H3. The molecule has 2 N–H and O–H groups in total. The van der Waals surface area contributed by atoms with Crippen LogP contribution in [0, 0.1) is 0 Å². The van der Waals surface area contributed by atoms with Crippen LogP contribution in [0.15, 0.2) is 40.9 Å². The molecule has 2 rings (SSSR count). The summed E-state index contributed by atoms with van der Waals surface area (Å²) in [6, 6.07) is 11.1. The van der Waals surface area contributed by atoms with Crippen molar-refractivity contribution in [2.24, 2.45) is 5.73 Å². The third-order valence-corrected chi connectivity index (χ3v) is 4.39. The molecule has 0 radical (unpaired) electrons. The smallest absolute Gasteiger partial charge is 0.141 e. The SMILES string of the molecule is CCC(N)Cc1c(Cl)cccc1Oc1ccc(Cl)cc1Br. The molecule has 0 aliphatic heterocycles. The molecule has 112 valence electrons. The molecule has 0 heterocycles. The van der Waals surface area contributed by atoms with Crippen molar-refractivity contribution in [3.05, 3.63) is 56.5 Å². The van der Waals surface area contributed by atoms with E-state index in [1.165, 1.54) is 0 Å². The van der Waals surface area contributed by atoms with E-state index in [0.717, 1.165) is 22.2 Å². The third-order valence-electron chi connectivity index (χ3n) is 3.18. The van der Waals surface area contributed by atoms with Gasteiger partial charge in [0.25, 0.3) is 0 Å². The Bertz CT molecular complexity index is 634. The summed E-state index contributed by atoms with van der Waals surface area (Å²) in [5.41, 5.74) is 6.97. The van der Waals surface area contributed by atoms with E-state index in [1.807, 2.05) is 24.3 Å². The lowest BCUT2D eigenvalue weighted by Gasteiger charge is -2.16. The molecule has 21 heavy (non-hydrogen) atoms. The van der Waals surface area contributed by atoms with Gasteiger partial charge < -0.3 is 10.5 Å². The van der Waals surface area contributed by atoms with Crippen molar-refractivity contribution in [3.63, 3.8) is 0 Å². The summed E-state index contributed by atoms with van der Waals surface area (Å²) in [5.74, 6) is 1.41. The topological polar surface area (TPSA) is 35.2 Å². The fraction of sp³-hybridized carbons (Fsp3) is 0.250. The van der Waals surface area contributed by atoms with Crippen LogP contribution < -0.4 is 10.5 Å². The van der Waals surface area contributed by atoms with E-state index in [2.05, 4.69) is 22.9 Å². The summed E-state index contributed by atoms with van der Waals surface area (Å²) in [5, 5.41) is 1.31. The summed E-state index contributed by atoms with van der Waals surface area (Å²) in [4.78, 5) is 0. The largest absolute Gasteiger partial charge is 0.456 e. The van der Waals surface area contributed by atoms with Crippen LogP contribution in [0.5, 0.6) is 11.5 Å². The number of rotatable bonds is 5. The second kappa shape index (κ2) is 7.50. The van der Waals surface area contributed by atoms with E-state index in [-0.39, 0.29) is 6.04 Å². The van der Waals surface area contributed by atoms with Crippen LogP contribution in [-0.2, 0) is 6.42 Å². The Hall–Kier alpha value is -0.740. The van der Waals surface area contributed by atoms with Crippen molar-refractivity contribution in [1.82, 2.24) is 0 Å². The lowest BCUT2D eigenvalue weighted by molar-refractivity contribution is 0.469. The van der Waals surface area contributed by atoms with Crippen LogP contribution in [0.1, 0.15) is 18.9 Å². The zero-order valence-electron chi connectivity index (χ0n) is 11.6. The summed E-state index contributed by atoms with van der Waals surface area (Å²) >= 11 is 15.7.